The second-order valence-electron chi connectivity index (χ2n) is 8.85. The molecule has 0 bridgehead atoms. The van der Waals surface area contributed by atoms with E-state index in [0.29, 0.717) is 11.6 Å². The van der Waals surface area contributed by atoms with Gasteiger partial charge in [0.1, 0.15) is 11.5 Å². The Bertz CT molecular complexity index is 1010. The van der Waals surface area contributed by atoms with Gasteiger partial charge in [-0.3, -0.25) is 9.69 Å². The quantitative estimate of drug-likeness (QED) is 0.686. The summed E-state index contributed by atoms with van der Waals surface area (Å²) < 4.78 is 2.18. The normalized spacial score (nSPS) is 19.7. The number of piperidine rings is 1. The van der Waals surface area contributed by atoms with E-state index in [-0.39, 0.29) is 11.9 Å². The minimum Gasteiger partial charge on any atom is -0.348 e. The number of nitrogens with zero attached hydrogens (tertiary/aromatic N) is 3. The van der Waals surface area contributed by atoms with Crippen molar-refractivity contribution in [1.82, 2.24) is 19.8 Å². The Balaban J connectivity index is 1.15. The Morgan fingerprint density at radius 2 is 1.68 bits per heavy atom. The van der Waals surface area contributed by atoms with Gasteiger partial charge in [-0.25, -0.2) is 4.98 Å². The van der Waals surface area contributed by atoms with Gasteiger partial charge in [0.25, 0.3) is 5.91 Å². The summed E-state index contributed by atoms with van der Waals surface area (Å²) in [5, 5.41) is 3.23. The van der Waals surface area contributed by atoms with E-state index in [1.54, 1.807) is 0 Å². The van der Waals surface area contributed by atoms with Gasteiger partial charge < -0.3 is 9.88 Å². The lowest BCUT2D eigenvalue weighted by atomic mass is 9.92. The molecule has 2 aliphatic rings. The predicted molar refractivity (Wildman–Crippen MR) is 122 cm³/mol. The number of amides is 1. The Morgan fingerprint density at radius 1 is 0.968 bits per heavy atom. The van der Waals surface area contributed by atoms with Gasteiger partial charge in [0, 0.05) is 50.8 Å². The monoisotopic (exact) mass is 414 g/mol. The zero-order valence-corrected chi connectivity index (χ0v) is 17.9. The summed E-state index contributed by atoms with van der Waals surface area (Å²) in [6.45, 7) is 3.91. The zero-order valence-electron chi connectivity index (χ0n) is 17.9. The third-order valence-electron chi connectivity index (χ3n) is 6.67. The van der Waals surface area contributed by atoms with Gasteiger partial charge >= 0.3 is 0 Å². The van der Waals surface area contributed by atoms with Crippen molar-refractivity contribution >= 4 is 5.91 Å². The number of hydrogen-bond donors (Lipinski definition) is 1. The molecule has 1 aromatic heterocycles. The molecule has 0 aliphatic carbocycles. The molecule has 1 unspecified atom stereocenters. The van der Waals surface area contributed by atoms with Crippen LogP contribution in [-0.2, 0) is 19.5 Å². The predicted octanol–water partition coefficient (Wildman–Crippen LogP) is 4.01. The van der Waals surface area contributed by atoms with Crippen LogP contribution >= 0.6 is 0 Å². The summed E-state index contributed by atoms with van der Waals surface area (Å²) in [5.41, 5.74) is 3.29. The number of carbonyl (C=O) groups is 1. The van der Waals surface area contributed by atoms with Crippen molar-refractivity contribution < 1.29 is 4.79 Å². The number of benzene rings is 2. The molecule has 0 spiro atoms. The van der Waals surface area contributed by atoms with E-state index in [2.05, 4.69) is 80.4 Å². The van der Waals surface area contributed by atoms with Gasteiger partial charge in [-0.1, -0.05) is 60.7 Å². The van der Waals surface area contributed by atoms with E-state index in [0.717, 1.165) is 57.7 Å². The molecule has 0 saturated carbocycles. The summed E-state index contributed by atoms with van der Waals surface area (Å²) in [6.07, 6.45) is 5.93. The molecule has 2 aliphatic heterocycles. The van der Waals surface area contributed by atoms with Gasteiger partial charge in [0.2, 0.25) is 0 Å². The zero-order chi connectivity index (χ0) is 21.0. The number of imidazole rings is 1. The van der Waals surface area contributed by atoms with Crippen molar-refractivity contribution in [3.8, 4) is 0 Å². The lowest BCUT2D eigenvalue weighted by molar-refractivity contribution is 0.0904. The van der Waals surface area contributed by atoms with Gasteiger partial charge in [0.05, 0.1) is 0 Å². The van der Waals surface area contributed by atoms with E-state index in [1.165, 1.54) is 11.1 Å². The van der Waals surface area contributed by atoms with Crippen molar-refractivity contribution in [2.45, 2.75) is 50.7 Å². The number of rotatable bonds is 5. The van der Waals surface area contributed by atoms with E-state index in [9.17, 15) is 4.79 Å². The second kappa shape index (κ2) is 9.06. The molecular weight excluding hydrogens is 384 g/mol. The van der Waals surface area contributed by atoms with Gasteiger partial charge in [-0.2, -0.15) is 0 Å². The van der Waals surface area contributed by atoms with Crippen LogP contribution in [0.3, 0.4) is 0 Å². The molecule has 1 N–H and O–H groups in total. The lowest BCUT2D eigenvalue weighted by Gasteiger charge is -2.32. The Hall–Kier alpha value is -2.92. The maximum atomic E-state index is 12.9. The molecule has 1 atom stereocenters. The summed E-state index contributed by atoms with van der Waals surface area (Å²) in [4.78, 5) is 20.0. The Kier molecular flexibility index (Phi) is 5.85. The third kappa shape index (κ3) is 4.72. The number of aryl methyl sites for hydroxylation is 1. The van der Waals surface area contributed by atoms with E-state index >= 15 is 0 Å². The molecule has 3 heterocycles. The molecule has 5 heteroatoms. The van der Waals surface area contributed by atoms with Crippen LogP contribution in [0.2, 0.25) is 0 Å². The van der Waals surface area contributed by atoms with Crippen LogP contribution in [0.1, 0.15) is 52.6 Å². The first kappa shape index (κ1) is 20.0. The molecule has 5 rings (SSSR count). The molecular formula is C26H30N4O. The minimum atomic E-state index is -0.0281. The minimum absolute atomic E-state index is 0.0281. The lowest BCUT2D eigenvalue weighted by Crippen LogP contribution is -2.44. The number of likely N-dealkylation sites (tertiary alicyclic amines) is 1. The second-order valence-corrected chi connectivity index (χ2v) is 8.85. The van der Waals surface area contributed by atoms with Gasteiger partial charge in [-0.15, -0.1) is 0 Å². The standard InChI is InChI=1S/C26H30N4O/c31-26(27-23-13-15-29(16-14-23)17-20-7-3-1-4-8-20)24-19-30-18-22(11-12-25(30)28-24)21-9-5-2-6-10-21/h1-10,19,22-23H,11-18H2,(H,27,31). The van der Waals surface area contributed by atoms with Crippen LogP contribution in [-0.4, -0.2) is 39.5 Å². The molecule has 1 fully saturated rings. The highest BCUT2D eigenvalue weighted by Gasteiger charge is 2.25. The highest BCUT2D eigenvalue weighted by molar-refractivity contribution is 5.92. The largest absolute Gasteiger partial charge is 0.348 e. The van der Waals surface area contributed by atoms with Crippen molar-refractivity contribution in [3.05, 3.63) is 89.5 Å². The molecule has 3 aromatic rings. The molecule has 2 aromatic carbocycles. The molecule has 1 saturated heterocycles. The van der Waals surface area contributed by atoms with E-state index < -0.39 is 0 Å². The van der Waals surface area contributed by atoms with Crippen LogP contribution < -0.4 is 5.32 Å². The molecule has 31 heavy (non-hydrogen) atoms. The smallest absolute Gasteiger partial charge is 0.271 e. The number of nitrogens with one attached hydrogen (secondary N) is 1. The maximum Gasteiger partial charge on any atom is 0.271 e. The molecule has 1 amide bonds. The fourth-order valence-corrected chi connectivity index (χ4v) is 4.89. The highest BCUT2D eigenvalue weighted by atomic mass is 16.2. The summed E-state index contributed by atoms with van der Waals surface area (Å²) >= 11 is 0. The SMILES string of the molecule is O=C(NC1CCN(Cc2ccccc2)CC1)c1cn2c(n1)CCC(c1ccccc1)C2. The fraction of sp³-hybridized carbons (Fsp3) is 0.385. The van der Waals surface area contributed by atoms with Crippen molar-refractivity contribution in [2.75, 3.05) is 13.1 Å². The third-order valence-corrected chi connectivity index (χ3v) is 6.67. The van der Waals surface area contributed by atoms with Crippen LogP contribution in [0.25, 0.3) is 0 Å². The average molecular weight is 415 g/mol. The molecule has 160 valence electrons. The Morgan fingerprint density at radius 3 is 2.42 bits per heavy atom. The first-order valence-corrected chi connectivity index (χ1v) is 11.4. The average Bonchev–Trinajstić information content (AvgIpc) is 3.25. The molecule has 5 nitrogen and oxygen atoms in total. The summed E-state index contributed by atoms with van der Waals surface area (Å²) in [6, 6.07) is 21.5. The van der Waals surface area contributed by atoms with Crippen LogP contribution in [0.4, 0.5) is 0 Å². The van der Waals surface area contributed by atoms with Crippen molar-refractivity contribution in [3.63, 3.8) is 0 Å². The summed E-state index contributed by atoms with van der Waals surface area (Å²) in [5.74, 6) is 1.50. The number of carbonyl (C=O) groups excluding carboxylic acids is 1. The van der Waals surface area contributed by atoms with Crippen LogP contribution in [0.15, 0.2) is 66.9 Å². The number of hydrogen-bond acceptors (Lipinski definition) is 3. The van der Waals surface area contributed by atoms with E-state index in [4.69, 9.17) is 0 Å². The highest BCUT2D eigenvalue weighted by Crippen LogP contribution is 2.28. The first-order chi connectivity index (χ1) is 15.2. The topological polar surface area (TPSA) is 50.2 Å². The Labute approximate surface area is 184 Å². The first-order valence-electron chi connectivity index (χ1n) is 11.4. The van der Waals surface area contributed by atoms with Crippen LogP contribution in [0, 0.1) is 0 Å². The molecule has 0 radical (unpaired) electrons. The van der Waals surface area contributed by atoms with E-state index in [1.807, 2.05) is 6.20 Å². The number of aromatic nitrogens is 2. The fourth-order valence-electron chi connectivity index (χ4n) is 4.89. The summed E-state index contributed by atoms with van der Waals surface area (Å²) in [7, 11) is 0. The van der Waals surface area contributed by atoms with Gasteiger partial charge in [0.15, 0.2) is 0 Å². The van der Waals surface area contributed by atoms with Gasteiger partial charge in [-0.05, 0) is 30.4 Å². The number of fused-ring (bicyclic) bond motifs is 1. The van der Waals surface area contributed by atoms with Crippen LogP contribution in [0.5, 0.6) is 0 Å². The van der Waals surface area contributed by atoms with Crippen molar-refractivity contribution in [2.24, 2.45) is 0 Å². The maximum absolute atomic E-state index is 12.9. The van der Waals surface area contributed by atoms with Crippen molar-refractivity contribution in [1.29, 1.82) is 0 Å².